The smallest absolute Gasteiger partial charge is 0.226 e. The van der Waals surface area contributed by atoms with Crippen LogP contribution in [0.2, 0.25) is 0 Å². The summed E-state index contributed by atoms with van der Waals surface area (Å²) in [7, 11) is 0. The average Bonchev–Trinajstić information content (AvgIpc) is 2.63. The largest absolute Gasteiger partial charge is 0.391 e. The van der Waals surface area contributed by atoms with Crippen molar-refractivity contribution < 1.29 is 9.90 Å². The third-order valence-electron chi connectivity index (χ3n) is 4.28. The molecule has 1 heterocycles. The van der Waals surface area contributed by atoms with Gasteiger partial charge in [-0.05, 0) is 24.7 Å². The van der Waals surface area contributed by atoms with Crippen LogP contribution in [-0.2, 0) is 4.79 Å². The molecule has 92 valence electrons. The highest BCUT2D eigenvalue weighted by Crippen LogP contribution is 2.41. The molecule has 2 aliphatic rings. The molecule has 1 aliphatic heterocycles. The van der Waals surface area contributed by atoms with Crippen LogP contribution in [-0.4, -0.2) is 35.1 Å². The first-order chi connectivity index (χ1) is 7.50. The summed E-state index contributed by atoms with van der Waals surface area (Å²) < 4.78 is 0. The van der Waals surface area contributed by atoms with Gasteiger partial charge < -0.3 is 10.0 Å². The summed E-state index contributed by atoms with van der Waals surface area (Å²) in [6.45, 7) is 5.71. The number of likely N-dealkylation sites (tertiary alicyclic amines) is 1. The van der Waals surface area contributed by atoms with E-state index in [1.807, 2.05) is 4.90 Å². The quantitative estimate of drug-likeness (QED) is 0.739. The standard InChI is InChI=1S/C13H23NO2/c1-13(2)7-4-3-5-11(13)12(16)14-8-6-10(15)9-14/h10-11,15H,3-9H2,1-2H3/t10-,11?/m1/s1. The zero-order valence-corrected chi connectivity index (χ0v) is 10.4. The summed E-state index contributed by atoms with van der Waals surface area (Å²) in [4.78, 5) is 14.2. The van der Waals surface area contributed by atoms with E-state index in [-0.39, 0.29) is 23.3 Å². The van der Waals surface area contributed by atoms with E-state index < -0.39 is 0 Å². The number of carbonyl (C=O) groups is 1. The lowest BCUT2D eigenvalue weighted by molar-refractivity contribution is -0.140. The second-order valence-electron chi connectivity index (χ2n) is 6.01. The minimum absolute atomic E-state index is 0.142. The number of carbonyl (C=O) groups excluding carboxylic acids is 1. The summed E-state index contributed by atoms with van der Waals surface area (Å²) in [5.41, 5.74) is 0.142. The molecule has 1 saturated carbocycles. The minimum Gasteiger partial charge on any atom is -0.391 e. The Bertz CT molecular complexity index is 275. The van der Waals surface area contributed by atoms with E-state index in [0.29, 0.717) is 6.54 Å². The first kappa shape index (κ1) is 11.9. The fourth-order valence-electron chi connectivity index (χ4n) is 3.11. The topological polar surface area (TPSA) is 40.5 Å². The summed E-state index contributed by atoms with van der Waals surface area (Å²) in [5, 5.41) is 9.48. The van der Waals surface area contributed by atoms with E-state index >= 15 is 0 Å². The lowest BCUT2D eigenvalue weighted by Gasteiger charge is -2.39. The molecule has 2 rings (SSSR count). The van der Waals surface area contributed by atoms with Crippen molar-refractivity contribution in [2.45, 2.75) is 52.1 Å². The second-order valence-corrected chi connectivity index (χ2v) is 6.01. The predicted octanol–water partition coefficient (Wildman–Crippen LogP) is 1.80. The Kier molecular flexibility index (Phi) is 3.24. The third kappa shape index (κ3) is 2.24. The molecular weight excluding hydrogens is 202 g/mol. The van der Waals surface area contributed by atoms with Gasteiger partial charge in [-0.25, -0.2) is 0 Å². The zero-order chi connectivity index (χ0) is 11.8. The van der Waals surface area contributed by atoms with Gasteiger partial charge >= 0.3 is 0 Å². The predicted molar refractivity (Wildman–Crippen MR) is 62.9 cm³/mol. The van der Waals surface area contributed by atoms with Crippen LogP contribution in [0.3, 0.4) is 0 Å². The van der Waals surface area contributed by atoms with E-state index in [1.54, 1.807) is 0 Å². The van der Waals surface area contributed by atoms with Crippen LogP contribution in [0.5, 0.6) is 0 Å². The van der Waals surface area contributed by atoms with Crippen LogP contribution in [0.15, 0.2) is 0 Å². The molecule has 16 heavy (non-hydrogen) atoms. The fourth-order valence-corrected chi connectivity index (χ4v) is 3.11. The van der Waals surface area contributed by atoms with E-state index in [2.05, 4.69) is 13.8 Å². The Balaban J connectivity index is 2.03. The highest BCUT2D eigenvalue weighted by molar-refractivity contribution is 5.80. The average molecular weight is 225 g/mol. The number of aliphatic hydroxyl groups is 1. The van der Waals surface area contributed by atoms with Gasteiger partial charge in [0.15, 0.2) is 0 Å². The Morgan fingerprint density at radius 2 is 2.06 bits per heavy atom. The molecule has 1 unspecified atom stereocenters. The van der Waals surface area contributed by atoms with Gasteiger partial charge in [0.2, 0.25) is 5.91 Å². The fraction of sp³-hybridized carbons (Fsp3) is 0.923. The molecule has 0 spiro atoms. The number of hydrogen-bond acceptors (Lipinski definition) is 2. The summed E-state index contributed by atoms with van der Waals surface area (Å²) in [6.07, 6.45) is 5.06. The van der Waals surface area contributed by atoms with E-state index in [9.17, 15) is 9.90 Å². The first-order valence-corrected chi connectivity index (χ1v) is 6.47. The van der Waals surface area contributed by atoms with Crippen LogP contribution in [0.4, 0.5) is 0 Å². The molecule has 1 aliphatic carbocycles. The van der Waals surface area contributed by atoms with Gasteiger partial charge in [-0.3, -0.25) is 4.79 Å². The highest BCUT2D eigenvalue weighted by Gasteiger charge is 2.40. The van der Waals surface area contributed by atoms with Gasteiger partial charge in [0.1, 0.15) is 0 Å². The first-order valence-electron chi connectivity index (χ1n) is 6.47. The number of rotatable bonds is 1. The van der Waals surface area contributed by atoms with Crippen LogP contribution in [0.25, 0.3) is 0 Å². The molecule has 1 saturated heterocycles. The molecule has 1 N–H and O–H groups in total. The number of amides is 1. The van der Waals surface area contributed by atoms with Crippen molar-refractivity contribution >= 4 is 5.91 Å². The lowest BCUT2D eigenvalue weighted by atomic mass is 9.68. The Morgan fingerprint density at radius 3 is 2.62 bits per heavy atom. The normalized spacial score (nSPS) is 34.1. The van der Waals surface area contributed by atoms with Gasteiger partial charge in [-0.15, -0.1) is 0 Å². The maximum atomic E-state index is 12.4. The Labute approximate surface area is 97.8 Å². The molecule has 2 fully saturated rings. The Morgan fingerprint density at radius 1 is 1.31 bits per heavy atom. The van der Waals surface area contributed by atoms with Crippen molar-refractivity contribution in [3.05, 3.63) is 0 Å². The molecule has 2 atom stereocenters. The molecule has 1 amide bonds. The molecule has 0 bridgehead atoms. The molecule has 0 aromatic rings. The number of nitrogens with zero attached hydrogens (tertiary/aromatic N) is 1. The maximum Gasteiger partial charge on any atom is 0.226 e. The molecule has 3 heteroatoms. The van der Waals surface area contributed by atoms with Crippen molar-refractivity contribution in [2.75, 3.05) is 13.1 Å². The molecular formula is C13H23NO2. The van der Waals surface area contributed by atoms with Gasteiger partial charge in [-0.2, -0.15) is 0 Å². The van der Waals surface area contributed by atoms with E-state index in [4.69, 9.17) is 0 Å². The third-order valence-corrected chi connectivity index (χ3v) is 4.28. The van der Waals surface area contributed by atoms with Crippen LogP contribution in [0, 0.1) is 11.3 Å². The zero-order valence-electron chi connectivity index (χ0n) is 10.4. The van der Waals surface area contributed by atoms with Gasteiger partial charge in [0.25, 0.3) is 0 Å². The number of hydrogen-bond donors (Lipinski definition) is 1. The molecule has 0 aromatic heterocycles. The van der Waals surface area contributed by atoms with Crippen LogP contribution >= 0.6 is 0 Å². The van der Waals surface area contributed by atoms with Crippen molar-refractivity contribution in [2.24, 2.45) is 11.3 Å². The lowest BCUT2D eigenvalue weighted by Crippen LogP contribution is -2.43. The van der Waals surface area contributed by atoms with Crippen LogP contribution in [0.1, 0.15) is 46.0 Å². The van der Waals surface area contributed by atoms with E-state index in [1.165, 1.54) is 12.8 Å². The van der Waals surface area contributed by atoms with Crippen LogP contribution < -0.4 is 0 Å². The summed E-state index contributed by atoms with van der Waals surface area (Å²) >= 11 is 0. The van der Waals surface area contributed by atoms with Crippen molar-refractivity contribution in [1.82, 2.24) is 4.90 Å². The van der Waals surface area contributed by atoms with Crippen molar-refractivity contribution in [3.8, 4) is 0 Å². The van der Waals surface area contributed by atoms with Gasteiger partial charge in [0.05, 0.1) is 6.10 Å². The maximum absolute atomic E-state index is 12.4. The number of β-amino-alcohol motifs (C(OH)–C–C–N with tert-alkyl or cyclic N) is 1. The Hall–Kier alpha value is -0.570. The van der Waals surface area contributed by atoms with E-state index in [0.717, 1.165) is 25.8 Å². The minimum atomic E-state index is -0.296. The second kappa shape index (κ2) is 4.36. The van der Waals surface area contributed by atoms with Crippen molar-refractivity contribution in [1.29, 1.82) is 0 Å². The molecule has 0 radical (unpaired) electrons. The number of aliphatic hydroxyl groups excluding tert-OH is 1. The monoisotopic (exact) mass is 225 g/mol. The summed E-state index contributed by atoms with van der Waals surface area (Å²) in [6, 6.07) is 0. The summed E-state index contributed by atoms with van der Waals surface area (Å²) in [5.74, 6) is 0.452. The SMILES string of the molecule is CC1(C)CCCCC1C(=O)N1CC[C@@H](O)C1. The van der Waals surface area contributed by atoms with Gasteiger partial charge in [0, 0.05) is 19.0 Å². The highest BCUT2D eigenvalue weighted by atomic mass is 16.3. The molecule has 0 aromatic carbocycles. The molecule has 3 nitrogen and oxygen atoms in total. The van der Waals surface area contributed by atoms with Crippen molar-refractivity contribution in [3.63, 3.8) is 0 Å². The van der Waals surface area contributed by atoms with Gasteiger partial charge in [-0.1, -0.05) is 26.7 Å².